The predicted octanol–water partition coefficient (Wildman–Crippen LogP) is 3.52. The van der Waals surface area contributed by atoms with Gasteiger partial charge in [-0.3, -0.25) is 0 Å². The lowest BCUT2D eigenvalue weighted by Gasteiger charge is -2.00. The van der Waals surface area contributed by atoms with E-state index in [-0.39, 0.29) is 0 Å². The number of nitrogens with zero attached hydrogens (tertiary/aromatic N) is 1. The van der Waals surface area contributed by atoms with Crippen LogP contribution in [0.2, 0.25) is 0 Å². The van der Waals surface area contributed by atoms with Gasteiger partial charge in [0.2, 0.25) is 0 Å². The van der Waals surface area contributed by atoms with Gasteiger partial charge >= 0.3 is 0 Å². The summed E-state index contributed by atoms with van der Waals surface area (Å²) < 4.78 is 0. The van der Waals surface area contributed by atoms with Crippen molar-refractivity contribution < 1.29 is 0 Å². The quantitative estimate of drug-likeness (QED) is 0.859. The van der Waals surface area contributed by atoms with Gasteiger partial charge < -0.3 is 5.32 Å². The number of aryl methyl sites for hydroxylation is 1. The maximum absolute atomic E-state index is 4.47. The van der Waals surface area contributed by atoms with Gasteiger partial charge in [0.25, 0.3) is 0 Å². The summed E-state index contributed by atoms with van der Waals surface area (Å²) in [6.45, 7) is 3.20. The first-order valence-electron chi connectivity index (χ1n) is 6.52. The summed E-state index contributed by atoms with van der Waals surface area (Å²) >= 11 is 1.79. The summed E-state index contributed by atoms with van der Waals surface area (Å²) in [7, 11) is 1.97. The summed E-state index contributed by atoms with van der Waals surface area (Å²) in [5.41, 5.74) is 2.70. The third-order valence-corrected chi connectivity index (χ3v) is 4.03. The molecule has 0 aliphatic rings. The molecule has 2 aromatic rings. The third-order valence-electron chi connectivity index (χ3n) is 2.92. The van der Waals surface area contributed by atoms with Gasteiger partial charge in [-0.2, -0.15) is 0 Å². The van der Waals surface area contributed by atoms with Crippen molar-refractivity contribution in [2.24, 2.45) is 0 Å². The van der Waals surface area contributed by atoms with Crippen LogP contribution in [-0.2, 0) is 12.8 Å². The van der Waals surface area contributed by atoms with Crippen molar-refractivity contribution in [3.8, 4) is 10.4 Å². The van der Waals surface area contributed by atoms with Crippen molar-refractivity contribution in [1.82, 2.24) is 10.3 Å². The molecule has 18 heavy (non-hydrogen) atoms. The van der Waals surface area contributed by atoms with E-state index in [9.17, 15) is 0 Å². The Hall–Kier alpha value is -1.19. The second-order valence-corrected chi connectivity index (χ2v) is 5.53. The molecule has 96 valence electrons. The lowest BCUT2D eigenvalue weighted by Crippen LogP contribution is -2.09. The van der Waals surface area contributed by atoms with E-state index in [0.717, 1.165) is 19.4 Å². The highest BCUT2D eigenvalue weighted by atomic mass is 32.1. The molecular formula is C15H20N2S. The van der Waals surface area contributed by atoms with E-state index < -0.39 is 0 Å². The Morgan fingerprint density at radius 1 is 1.17 bits per heavy atom. The van der Waals surface area contributed by atoms with E-state index in [2.05, 4.69) is 41.5 Å². The largest absolute Gasteiger partial charge is 0.319 e. The standard InChI is InChI=1S/C15H20N2S/c1-3-4-12-5-7-13(8-6-12)14-11-17-15(18-14)9-10-16-2/h5-8,11,16H,3-4,9-10H2,1-2H3. The minimum atomic E-state index is 0.988. The molecule has 1 heterocycles. The molecule has 0 aliphatic carbocycles. The molecular weight excluding hydrogens is 240 g/mol. The summed E-state index contributed by atoms with van der Waals surface area (Å²) in [5, 5.41) is 4.36. The SMILES string of the molecule is CCCc1ccc(-c2cnc(CCNC)s2)cc1. The van der Waals surface area contributed by atoms with Gasteiger partial charge in [-0.15, -0.1) is 11.3 Å². The van der Waals surface area contributed by atoms with Crippen LogP contribution in [0, 0.1) is 0 Å². The fourth-order valence-corrected chi connectivity index (χ4v) is 2.84. The molecule has 0 fully saturated rings. The number of hydrogen-bond donors (Lipinski definition) is 1. The number of nitrogens with one attached hydrogen (secondary N) is 1. The number of thiazole rings is 1. The molecule has 2 nitrogen and oxygen atoms in total. The maximum Gasteiger partial charge on any atom is 0.0943 e. The fourth-order valence-electron chi connectivity index (χ4n) is 1.92. The Balaban J connectivity index is 2.08. The van der Waals surface area contributed by atoms with Gasteiger partial charge in [-0.25, -0.2) is 4.98 Å². The van der Waals surface area contributed by atoms with Gasteiger partial charge in [0.15, 0.2) is 0 Å². The van der Waals surface area contributed by atoms with Crippen molar-refractivity contribution in [1.29, 1.82) is 0 Å². The summed E-state index contributed by atoms with van der Waals surface area (Å²) in [4.78, 5) is 5.74. The molecule has 0 bridgehead atoms. The Bertz CT molecular complexity index is 473. The molecule has 0 radical (unpaired) electrons. The van der Waals surface area contributed by atoms with Gasteiger partial charge in [0, 0.05) is 19.2 Å². The Morgan fingerprint density at radius 3 is 2.61 bits per heavy atom. The van der Waals surface area contributed by atoms with Gasteiger partial charge in [0.05, 0.1) is 9.88 Å². The number of rotatable bonds is 6. The van der Waals surface area contributed by atoms with Crippen LogP contribution in [0.25, 0.3) is 10.4 Å². The average molecular weight is 260 g/mol. The zero-order valence-electron chi connectivity index (χ0n) is 11.1. The highest BCUT2D eigenvalue weighted by Crippen LogP contribution is 2.26. The molecule has 0 saturated heterocycles. The highest BCUT2D eigenvalue weighted by Gasteiger charge is 2.04. The van der Waals surface area contributed by atoms with E-state index in [1.54, 1.807) is 11.3 Å². The van der Waals surface area contributed by atoms with Crippen LogP contribution in [0.5, 0.6) is 0 Å². The minimum Gasteiger partial charge on any atom is -0.319 e. The van der Waals surface area contributed by atoms with Crippen LogP contribution in [-0.4, -0.2) is 18.6 Å². The number of likely N-dealkylation sites (N-methyl/N-ethyl adjacent to an activating group) is 1. The first-order chi connectivity index (χ1) is 8.83. The van der Waals surface area contributed by atoms with E-state index in [1.165, 1.54) is 27.4 Å². The summed E-state index contributed by atoms with van der Waals surface area (Å²) in [6.07, 6.45) is 5.37. The molecule has 0 spiro atoms. The Kier molecular flexibility index (Phi) is 4.90. The minimum absolute atomic E-state index is 0.988. The van der Waals surface area contributed by atoms with Crippen LogP contribution < -0.4 is 5.32 Å². The summed E-state index contributed by atoms with van der Waals surface area (Å²) in [6, 6.07) is 8.87. The molecule has 0 saturated carbocycles. The van der Waals surface area contributed by atoms with Crippen molar-refractivity contribution in [3.05, 3.63) is 41.0 Å². The van der Waals surface area contributed by atoms with Crippen molar-refractivity contribution in [2.45, 2.75) is 26.2 Å². The number of benzene rings is 1. The maximum atomic E-state index is 4.47. The number of hydrogen-bond acceptors (Lipinski definition) is 3. The lowest BCUT2D eigenvalue weighted by molar-refractivity contribution is 0.787. The molecule has 1 aromatic heterocycles. The smallest absolute Gasteiger partial charge is 0.0943 e. The molecule has 2 rings (SSSR count). The summed E-state index contributed by atoms with van der Waals surface area (Å²) in [5.74, 6) is 0. The van der Waals surface area contributed by atoms with Crippen LogP contribution in [0.15, 0.2) is 30.5 Å². The van der Waals surface area contributed by atoms with Crippen molar-refractivity contribution in [2.75, 3.05) is 13.6 Å². The molecule has 3 heteroatoms. The molecule has 0 amide bonds. The van der Waals surface area contributed by atoms with E-state index in [0.29, 0.717) is 0 Å². The zero-order chi connectivity index (χ0) is 12.8. The fraction of sp³-hybridized carbons (Fsp3) is 0.400. The number of aromatic nitrogens is 1. The second kappa shape index (κ2) is 6.66. The molecule has 0 aliphatic heterocycles. The average Bonchev–Trinajstić information content (AvgIpc) is 2.86. The lowest BCUT2D eigenvalue weighted by atomic mass is 10.1. The molecule has 0 atom stereocenters. The monoisotopic (exact) mass is 260 g/mol. The van der Waals surface area contributed by atoms with Crippen LogP contribution in [0.4, 0.5) is 0 Å². The molecule has 0 unspecified atom stereocenters. The Labute approximate surface area is 113 Å². The zero-order valence-corrected chi connectivity index (χ0v) is 11.9. The molecule has 1 N–H and O–H groups in total. The van der Waals surface area contributed by atoms with E-state index >= 15 is 0 Å². The normalized spacial score (nSPS) is 10.8. The third kappa shape index (κ3) is 3.40. The van der Waals surface area contributed by atoms with Crippen LogP contribution in [0.3, 0.4) is 0 Å². The van der Waals surface area contributed by atoms with Gasteiger partial charge in [-0.1, -0.05) is 37.6 Å². The Morgan fingerprint density at radius 2 is 1.94 bits per heavy atom. The molecule has 1 aromatic carbocycles. The first kappa shape index (κ1) is 13.2. The van der Waals surface area contributed by atoms with E-state index in [4.69, 9.17) is 0 Å². The van der Waals surface area contributed by atoms with Crippen molar-refractivity contribution in [3.63, 3.8) is 0 Å². The second-order valence-electron chi connectivity index (χ2n) is 4.42. The van der Waals surface area contributed by atoms with Crippen LogP contribution >= 0.6 is 11.3 Å². The topological polar surface area (TPSA) is 24.9 Å². The van der Waals surface area contributed by atoms with Crippen LogP contribution in [0.1, 0.15) is 23.9 Å². The predicted molar refractivity (Wildman–Crippen MR) is 79.2 cm³/mol. The van der Waals surface area contributed by atoms with Gasteiger partial charge in [-0.05, 0) is 24.6 Å². The highest BCUT2D eigenvalue weighted by molar-refractivity contribution is 7.15. The van der Waals surface area contributed by atoms with E-state index in [1.807, 2.05) is 13.2 Å². The van der Waals surface area contributed by atoms with Gasteiger partial charge in [0.1, 0.15) is 0 Å². The van der Waals surface area contributed by atoms with Crippen molar-refractivity contribution >= 4 is 11.3 Å². The first-order valence-corrected chi connectivity index (χ1v) is 7.33.